The smallest absolute Gasteiger partial charge is 0.123 e. The van der Waals surface area contributed by atoms with Gasteiger partial charge in [-0.25, -0.2) is 4.39 Å². The molecule has 1 fully saturated rings. The molecular formula is C18H20FN3. The molecule has 2 aromatic rings. The first-order valence-corrected chi connectivity index (χ1v) is 7.60. The normalized spacial score (nSPS) is 19.6. The van der Waals surface area contributed by atoms with Crippen LogP contribution in [0.4, 0.5) is 4.39 Å². The number of pyridine rings is 1. The van der Waals surface area contributed by atoms with Crippen LogP contribution in [0.25, 0.3) is 6.08 Å². The van der Waals surface area contributed by atoms with Crippen LogP contribution in [0, 0.1) is 5.82 Å². The fraction of sp³-hybridized carbons (Fsp3) is 0.278. The fourth-order valence-electron chi connectivity index (χ4n) is 2.76. The standard InChI is InChI=1S/C18H20FN3/c19-17-7-5-15(6-8-17)3-2-11-22-12-10-21-14-18(22)16-4-1-9-20-13-16/h1-9,13,18,21H,10-12,14H2/b3-2+. The van der Waals surface area contributed by atoms with Gasteiger partial charge in [0, 0.05) is 44.6 Å². The molecule has 1 unspecified atom stereocenters. The summed E-state index contributed by atoms with van der Waals surface area (Å²) in [6.07, 6.45) is 7.93. The summed E-state index contributed by atoms with van der Waals surface area (Å²) < 4.78 is 12.9. The zero-order valence-corrected chi connectivity index (χ0v) is 12.5. The van der Waals surface area contributed by atoms with E-state index in [1.165, 1.54) is 17.7 Å². The van der Waals surface area contributed by atoms with E-state index >= 15 is 0 Å². The van der Waals surface area contributed by atoms with E-state index in [1.54, 1.807) is 18.3 Å². The second-order valence-corrected chi connectivity index (χ2v) is 5.46. The first kappa shape index (κ1) is 14.9. The molecule has 22 heavy (non-hydrogen) atoms. The minimum atomic E-state index is -0.198. The zero-order chi connectivity index (χ0) is 15.2. The van der Waals surface area contributed by atoms with Gasteiger partial charge < -0.3 is 5.32 Å². The van der Waals surface area contributed by atoms with E-state index < -0.39 is 0 Å². The maximum absolute atomic E-state index is 12.9. The Morgan fingerprint density at radius 3 is 2.91 bits per heavy atom. The molecule has 1 aliphatic heterocycles. The molecule has 3 rings (SSSR count). The van der Waals surface area contributed by atoms with Gasteiger partial charge in [-0.1, -0.05) is 30.4 Å². The van der Waals surface area contributed by atoms with Gasteiger partial charge in [-0.3, -0.25) is 9.88 Å². The van der Waals surface area contributed by atoms with E-state index in [-0.39, 0.29) is 5.82 Å². The summed E-state index contributed by atoms with van der Waals surface area (Å²) in [6, 6.07) is 11.0. The Morgan fingerprint density at radius 1 is 1.27 bits per heavy atom. The van der Waals surface area contributed by atoms with E-state index in [0.29, 0.717) is 6.04 Å². The van der Waals surface area contributed by atoms with Gasteiger partial charge in [0.1, 0.15) is 5.82 Å². The van der Waals surface area contributed by atoms with Crippen molar-refractivity contribution in [3.63, 3.8) is 0 Å². The zero-order valence-electron chi connectivity index (χ0n) is 12.5. The summed E-state index contributed by atoms with van der Waals surface area (Å²) in [5, 5.41) is 3.44. The minimum Gasteiger partial charge on any atom is -0.314 e. The average Bonchev–Trinajstić information content (AvgIpc) is 2.58. The summed E-state index contributed by atoms with van der Waals surface area (Å²) in [5.41, 5.74) is 2.26. The van der Waals surface area contributed by atoms with Gasteiger partial charge in [-0.05, 0) is 29.3 Å². The summed E-state index contributed by atoms with van der Waals surface area (Å²) in [5.74, 6) is -0.198. The molecular weight excluding hydrogens is 277 g/mol. The van der Waals surface area contributed by atoms with Crippen LogP contribution in [-0.4, -0.2) is 36.1 Å². The summed E-state index contributed by atoms with van der Waals surface area (Å²) in [6.45, 7) is 3.82. The maximum atomic E-state index is 12.9. The molecule has 1 saturated heterocycles. The maximum Gasteiger partial charge on any atom is 0.123 e. The van der Waals surface area contributed by atoms with Crippen molar-refractivity contribution in [2.45, 2.75) is 6.04 Å². The molecule has 1 atom stereocenters. The highest BCUT2D eigenvalue weighted by Crippen LogP contribution is 2.21. The van der Waals surface area contributed by atoms with Crippen molar-refractivity contribution >= 4 is 6.08 Å². The Bertz CT molecular complexity index is 610. The fourth-order valence-corrected chi connectivity index (χ4v) is 2.76. The van der Waals surface area contributed by atoms with E-state index in [1.807, 2.05) is 18.3 Å². The Labute approximate surface area is 130 Å². The number of hydrogen-bond donors (Lipinski definition) is 1. The van der Waals surface area contributed by atoms with Crippen molar-refractivity contribution in [2.75, 3.05) is 26.2 Å². The minimum absolute atomic E-state index is 0.198. The Kier molecular flexibility index (Phi) is 4.93. The number of benzene rings is 1. The highest BCUT2D eigenvalue weighted by atomic mass is 19.1. The van der Waals surface area contributed by atoms with Crippen LogP contribution in [0.1, 0.15) is 17.2 Å². The quantitative estimate of drug-likeness (QED) is 0.940. The van der Waals surface area contributed by atoms with E-state index in [4.69, 9.17) is 0 Å². The lowest BCUT2D eigenvalue weighted by Gasteiger charge is -2.35. The molecule has 0 radical (unpaired) electrons. The van der Waals surface area contributed by atoms with Gasteiger partial charge in [0.15, 0.2) is 0 Å². The molecule has 4 heteroatoms. The van der Waals surface area contributed by atoms with Crippen LogP contribution in [0.15, 0.2) is 54.9 Å². The highest BCUT2D eigenvalue weighted by molar-refractivity contribution is 5.49. The van der Waals surface area contributed by atoms with Crippen LogP contribution >= 0.6 is 0 Å². The van der Waals surface area contributed by atoms with Crippen molar-refractivity contribution in [3.8, 4) is 0 Å². The molecule has 0 aliphatic carbocycles. The number of nitrogens with one attached hydrogen (secondary N) is 1. The SMILES string of the molecule is Fc1ccc(/C=C/CN2CCNCC2c2cccnc2)cc1. The topological polar surface area (TPSA) is 28.2 Å². The predicted molar refractivity (Wildman–Crippen MR) is 86.9 cm³/mol. The predicted octanol–water partition coefficient (Wildman–Crippen LogP) is 2.88. The van der Waals surface area contributed by atoms with E-state index in [2.05, 4.69) is 27.3 Å². The molecule has 1 aromatic heterocycles. The average molecular weight is 297 g/mol. The van der Waals surface area contributed by atoms with Crippen LogP contribution < -0.4 is 5.32 Å². The number of aromatic nitrogens is 1. The molecule has 1 aliphatic rings. The Hall–Kier alpha value is -2.04. The number of hydrogen-bond acceptors (Lipinski definition) is 3. The molecule has 1 N–H and O–H groups in total. The van der Waals surface area contributed by atoms with Crippen molar-refractivity contribution in [1.29, 1.82) is 0 Å². The summed E-state index contributed by atoms with van der Waals surface area (Å²) in [4.78, 5) is 6.66. The number of nitrogens with zero attached hydrogens (tertiary/aromatic N) is 2. The van der Waals surface area contributed by atoms with Crippen LogP contribution in [0.2, 0.25) is 0 Å². The molecule has 2 heterocycles. The second kappa shape index (κ2) is 7.29. The van der Waals surface area contributed by atoms with Crippen LogP contribution in [0.3, 0.4) is 0 Å². The first-order chi connectivity index (χ1) is 10.8. The lowest BCUT2D eigenvalue weighted by molar-refractivity contribution is 0.180. The number of rotatable bonds is 4. The Balaban J connectivity index is 1.65. The van der Waals surface area contributed by atoms with Crippen molar-refractivity contribution in [2.24, 2.45) is 0 Å². The van der Waals surface area contributed by atoms with Crippen molar-refractivity contribution in [3.05, 3.63) is 71.8 Å². The third-order valence-corrected chi connectivity index (χ3v) is 3.94. The van der Waals surface area contributed by atoms with Gasteiger partial charge in [-0.15, -0.1) is 0 Å². The number of piperazine rings is 1. The van der Waals surface area contributed by atoms with E-state index in [0.717, 1.165) is 31.7 Å². The molecule has 114 valence electrons. The molecule has 0 bridgehead atoms. The third kappa shape index (κ3) is 3.78. The van der Waals surface area contributed by atoms with Gasteiger partial charge in [0.2, 0.25) is 0 Å². The largest absolute Gasteiger partial charge is 0.314 e. The van der Waals surface area contributed by atoms with E-state index in [9.17, 15) is 4.39 Å². The van der Waals surface area contributed by atoms with Gasteiger partial charge in [0.05, 0.1) is 0 Å². The lowest BCUT2D eigenvalue weighted by atomic mass is 10.1. The van der Waals surface area contributed by atoms with Crippen LogP contribution in [-0.2, 0) is 0 Å². The van der Waals surface area contributed by atoms with Crippen molar-refractivity contribution in [1.82, 2.24) is 15.2 Å². The number of halogens is 1. The molecule has 0 spiro atoms. The van der Waals surface area contributed by atoms with Gasteiger partial charge in [0.25, 0.3) is 0 Å². The molecule has 0 saturated carbocycles. The van der Waals surface area contributed by atoms with Crippen molar-refractivity contribution < 1.29 is 4.39 Å². The van der Waals surface area contributed by atoms with Gasteiger partial charge in [-0.2, -0.15) is 0 Å². The second-order valence-electron chi connectivity index (χ2n) is 5.46. The lowest BCUT2D eigenvalue weighted by Crippen LogP contribution is -2.45. The summed E-state index contributed by atoms with van der Waals surface area (Å²) in [7, 11) is 0. The van der Waals surface area contributed by atoms with Crippen LogP contribution in [0.5, 0.6) is 0 Å². The molecule has 3 nitrogen and oxygen atoms in total. The monoisotopic (exact) mass is 297 g/mol. The Morgan fingerprint density at radius 2 is 2.14 bits per heavy atom. The molecule has 0 amide bonds. The van der Waals surface area contributed by atoms with Gasteiger partial charge >= 0.3 is 0 Å². The first-order valence-electron chi connectivity index (χ1n) is 7.60. The third-order valence-electron chi connectivity index (χ3n) is 3.94. The highest BCUT2D eigenvalue weighted by Gasteiger charge is 2.22. The summed E-state index contributed by atoms with van der Waals surface area (Å²) >= 11 is 0. The molecule has 1 aromatic carbocycles.